The van der Waals surface area contributed by atoms with Gasteiger partial charge in [0.05, 0.1) is 10.7 Å². The first-order valence-electron chi connectivity index (χ1n) is 6.56. The number of aliphatic hydroxyl groups is 1. The Morgan fingerprint density at radius 3 is 3.00 bits per heavy atom. The molecule has 1 aliphatic rings. The van der Waals surface area contributed by atoms with Gasteiger partial charge in [0.15, 0.2) is 0 Å². The maximum Gasteiger partial charge on any atom is 0.0635 e. The Labute approximate surface area is 114 Å². The first kappa shape index (κ1) is 13.7. The van der Waals surface area contributed by atoms with E-state index in [1.165, 1.54) is 18.4 Å². The largest absolute Gasteiger partial charge is 0.398 e. The first-order valence-corrected chi connectivity index (χ1v) is 6.94. The van der Waals surface area contributed by atoms with Crippen molar-refractivity contribution >= 4 is 17.3 Å². The molecule has 2 rings (SSSR count). The van der Waals surface area contributed by atoms with Crippen LogP contribution < -0.4 is 5.73 Å². The predicted molar refractivity (Wildman–Crippen MR) is 75.6 cm³/mol. The molecule has 1 aromatic carbocycles. The minimum absolute atomic E-state index is 0.298. The summed E-state index contributed by atoms with van der Waals surface area (Å²) in [5.74, 6) is 0.633. The van der Waals surface area contributed by atoms with E-state index >= 15 is 0 Å². The highest BCUT2D eigenvalue weighted by Gasteiger charge is 2.19. The van der Waals surface area contributed by atoms with E-state index in [0.29, 0.717) is 23.2 Å². The van der Waals surface area contributed by atoms with Crippen LogP contribution in [-0.4, -0.2) is 29.7 Å². The zero-order valence-electron chi connectivity index (χ0n) is 10.6. The normalized spacial score (nSPS) is 21.1. The fraction of sp³-hybridized carbons (Fsp3) is 0.571. The van der Waals surface area contributed by atoms with Crippen LogP contribution >= 0.6 is 11.6 Å². The highest BCUT2D eigenvalue weighted by Crippen LogP contribution is 2.23. The van der Waals surface area contributed by atoms with Crippen molar-refractivity contribution < 1.29 is 5.11 Å². The molecule has 3 nitrogen and oxygen atoms in total. The summed E-state index contributed by atoms with van der Waals surface area (Å²) >= 11 is 5.92. The lowest BCUT2D eigenvalue weighted by Gasteiger charge is -2.32. The van der Waals surface area contributed by atoms with Crippen LogP contribution in [-0.2, 0) is 6.54 Å². The second-order valence-electron chi connectivity index (χ2n) is 5.11. The average Bonchev–Trinajstić information content (AvgIpc) is 2.35. The molecule has 1 aromatic rings. The summed E-state index contributed by atoms with van der Waals surface area (Å²) in [7, 11) is 0. The highest BCUT2D eigenvalue weighted by molar-refractivity contribution is 6.33. The quantitative estimate of drug-likeness (QED) is 0.825. The van der Waals surface area contributed by atoms with Gasteiger partial charge in [-0.1, -0.05) is 17.7 Å². The van der Waals surface area contributed by atoms with Crippen molar-refractivity contribution in [3.8, 4) is 0 Å². The first-order chi connectivity index (χ1) is 8.69. The molecule has 0 spiro atoms. The number of nitrogens with zero attached hydrogens (tertiary/aromatic N) is 1. The third kappa shape index (κ3) is 3.61. The molecular weight excluding hydrogens is 248 g/mol. The van der Waals surface area contributed by atoms with Crippen LogP contribution in [0, 0.1) is 5.92 Å². The molecule has 0 radical (unpaired) electrons. The van der Waals surface area contributed by atoms with Crippen LogP contribution in [0.4, 0.5) is 5.69 Å². The Kier molecular flexibility index (Phi) is 4.87. The van der Waals surface area contributed by atoms with Gasteiger partial charge in [0.25, 0.3) is 0 Å². The summed E-state index contributed by atoms with van der Waals surface area (Å²) in [6, 6.07) is 5.85. The van der Waals surface area contributed by atoms with Crippen molar-refractivity contribution in [2.75, 3.05) is 25.4 Å². The molecule has 0 bridgehead atoms. The molecule has 1 aliphatic heterocycles. The molecule has 1 heterocycles. The smallest absolute Gasteiger partial charge is 0.0635 e. The summed E-state index contributed by atoms with van der Waals surface area (Å²) in [5, 5.41) is 9.63. The number of nitrogen functional groups attached to an aromatic ring is 1. The molecular formula is C14H21ClN2O. The van der Waals surface area contributed by atoms with Crippen molar-refractivity contribution in [2.24, 2.45) is 5.92 Å². The lowest BCUT2D eigenvalue weighted by Crippen LogP contribution is -2.35. The molecule has 1 fully saturated rings. The minimum atomic E-state index is 0.298. The number of halogens is 1. The van der Waals surface area contributed by atoms with Crippen LogP contribution in [0.3, 0.4) is 0 Å². The molecule has 0 aromatic heterocycles. The van der Waals surface area contributed by atoms with Crippen LogP contribution in [0.25, 0.3) is 0 Å². The van der Waals surface area contributed by atoms with Crippen molar-refractivity contribution in [3.05, 3.63) is 28.8 Å². The second-order valence-corrected chi connectivity index (χ2v) is 5.52. The Hall–Kier alpha value is -0.770. The summed E-state index contributed by atoms with van der Waals surface area (Å²) in [5.41, 5.74) is 7.68. The van der Waals surface area contributed by atoms with Gasteiger partial charge in [0.1, 0.15) is 0 Å². The topological polar surface area (TPSA) is 49.5 Å². The van der Waals surface area contributed by atoms with E-state index in [0.717, 1.165) is 26.1 Å². The number of likely N-dealkylation sites (tertiary alicyclic amines) is 1. The van der Waals surface area contributed by atoms with Gasteiger partial charge in [0.2, 0.25) is 0 Å². The molecule has 4 heteroatoms. The van der Waals surface area contributed by atoms with Crippen molar-refractivity contribution in [2.45, 2.75) is 25.8 Å². The number of piperidine rings is 1. The van der Waals surface area contributed by atoms with E-state index in [1.54, 1.807) is 0 Å². The molecule has 3 N–H and O–H groups in total. The van der Waals surface area contributed by atoms with Crippen molar-refractivity contribution in [3.63, 3.8) is 0 Å². The molecule has 1 saturated heterocycles. The van der Waals surface area contributed by atoms with Gasteiger partial charge in [0, 0.05) is 19.7 Å². The standard InChI is InChI=1S/C14H21ClN2O/c15-13-4-3-12(8-14(13)16)10-17-6-1-2-11(9-17)5-7-18/h3-4,8,11,18H,1-2,5-7,9-10,16H2. The SMILES string of the molecule is Nc1cc(CN2CCCC(CCO)C2)ccc1Cl. The van der Waals surface area contributed by atoms with E-state index in [-0.39, 0.29) is 0 Å². The van der Waals surface area contributed by atoms with Gasteiger partial charge in [-0.15, -0.1) is 0 Å². The third-order valence-corrected chi connectivity index (χ3v) is 3.95. The summed E-state index contributed by atoms with van der Waals surface area (Å²) < 4.78 is 0. The van der Waals surface area contributed by atoms with E-state index in [2.05, 4.69) is 4.90 Å². The number of aliphatic hydroxyl groups excluding tert-OH is 1. The van der Waals surface area contributed by atoms with Gasteiger partial charge in [-0.2, -0.15) is 0 Å². The van der Waals surface area contributed by atoms with E-state index < -0.39 is 0 Å². The predicted octanol–water partition coefficient (Wildman–Crippen LogP) is 2.52. The molecule has 1 unspecified atom stereocenters. The van der Waals surface area contributed by atoms with E-state index in [4.69, 9.17) is 22.4 Å². The number of nitrogens with two attached hydrogens (primary N) is 1. The number of hydrogen-bond acceptors (Lipinski definition) is 3. The highest BCUT2D eigenvalue weighted by atomic mass is 35.5. The van der Waals surface area contributed by atoms with Crippen molar-refractivity contribution in [1.82, 2.24) is 4.90 Å². The fourth-order valence-corrected chi connectivity index (χ4v) is 2.78. The van der Waals surface area contributed by atoms with Crippen LogP contribution in [0.2, 0.25) is 5.02 Å². The monoisotopic (exact) mass is 268 g/mol. The zero-order valence-corrected chi connectivity index (χ0v) is 11.4. The molecule has 0 amide bonds. The maximum absolute atomic E-state index is 9.01. The maximum atomic E-state index is 9.01. The summed E-state index contributed by atoms with van der Waals surface area (Å²) in [6.45, 7) is 3.42. The van der Waals surface area contributed by atoms with Gasteiger partial charge in [-0.05, 0) is 49.4 Å². The fourth-order valence-electron chi connectivity index (χ4n) is 2.66. The Morgan fingerprint density at radius 2 is 2.28 bits per heavy atom. The van der Waals surface area contributed by atoms with Gasteiger partial charge >= 0.3 is 0 Å². The zero-order chi connectivity index (χ0) is 13.0. The molecule has 0 aliphatic carbocycles. The number of hydrogen-bond donors (Lipinski definition) is 2. The average molecular weight is 269 g/mol. The van der Waals surface area contributed by atoms with Crippen LogP contribution in [0.1, 0.15) is 24.8 Å². The van der Waals surface area contributed by atoms with E-state index in [9.17, 15) is 0 Å². The third-order valence-electron chi connectivity index (χ3n) is 3.61. The van der Waals surface area contributed by atoms with Crippen LogP contribution in [0.5, 0.6) is 0 Å². The molecule has 0 saturated carbocycles. The van der Waals surface area contributed by atoms with E-state index in [1.807, 2.05) is 18.2 Å². The second kappa shape index (κ2) is 6.41. The van der Waals surface area contributed by atoms with Gasteiger partial charge in [-0.25, -0.2) is 0 Å². The van der Waals surface area contributed by atoms with Gasteiger partial charge < -0.3 is 10.8 Å². The molecule has 1 atom stereocenters. The van der Waals surface area contributed by atoms with Gasteiger partial charge in [-0.3, -0.25) is 4.90 Å². The summed E-state index contributed by atoms with van der Waals surface area (Å²) in [4.78, 5) is 2.44. The van der Waals surface area contributed by atoms with Crippen molar-refractivity contribution in [1.29, 1.82) is 0 Å². The number of anilines is 1. The lowest BCUT2D eigenvalue weighted by molar-refractivity contribution is 0.142. The Balaban J connectivity index is 1.93. The Bertz CT molecular complexity index is 395. The minimum Gasteiger partial charge on any atom is -0.398 e. The lowest BCUT2D eigenvalue weighted by atomic mass is 9.95. The summed E-state index contributed by atoms with van der Waals surface area (Å²) in [6.07, 6.45) is 3.37. The molecule has 100 valence electrons. The number of benzene rings is 1. The molecule has 18 heavy (non-hydrogen) atoms. The van der Waals surface area contributed by atoms with Crippen LogP contribution in [0.15, 0.2) is 18.2 Å². The Morgan fingerprint density at radius 1 is 1.44 bits per heavy atom. The number of rotatable bonds is 4.